The molecular formula is C27H32N4O6. The lowest BCUT2D eigenvalue weighted by Crippen LogP contribution is -2.40. The first-order valence-corrected chi connectivity index (χ1v) is 12.3. The number of nitrogens with one attached hydrogen (secondary N) is 1. The third-order valence-corrected chi connectivity index (χ3v) is 6.17. The van der Waals surface area contributed by atoms with Crippen molar-refractivity contribution >= 4 is 11.8 Å². The molecule has 10 heteroatoms. The smallest absolute Gasteiger partial charge is 0.276 e. The first kappa shape index (κ1) is 26.2. The molecule has 10 nitrogen and oxygen atoms in total. The Labute approximate surface area is 215 Å². The molecular weight excluding hydrogens is 476 g/mol. The number of hydrogen-bond donors (Lipinski definition) is 1. The number of benzene rings is 1. The van der Waals surface area contributed by atoms with Crippen LogP contribution in [0.1, 0.15) is 35.4 Å². The normalized spacial score (nSPS) is 14.8. The van der Waals surface area contributed by atoms with Gasteiger partial charge in [-0.15, -0.1) is 0 Å². The average Bonchev–Trinajstić information content (AvgIpc) is 3.63. The van der Waals surface area contributed by atoms with Crippen molar-refractivity contribution in [3.8, 4) is 22.8 Å². The highest BCUT2D eigenvalue weighted by atomic mass is 16.5. The summed E-state index contributed by atoms with van der Waals surface area (Å²) >= 11 is 0. The summed E-state index contributed by atoms with van der Waals surface area (Å²) in [6.45, 7) is 1.76. The number of carbonyl (C=O) groups is 2. The minimum atomic E-state index is -0.325. The largest absolute Gasteiger partial charge is 0.497 e. The van der Waals surface area contributed by atoms with E-state index in [1.807, 2.05) is 18.2 Å². The lowest BCUT2D eigenvalue weighted by atomic mass is 10.1. The first-order valence-electron chi connectivity index (χ1n) is 12.3. The van der Waals surface area contributed by atoms with Crippen molar-refractivity contribution in [2.45, 2.75) is 31.8 Å². The number of pyridine rings is 1. The zero-order valence-electron chi connectivity index (χ0n) is 21.1. The second-order valence-electron chi connectivity index (χ2n) is 8.70. The van der Waals surface area contributed by atoms with Crippen LogP contribution >= 0.6 is 0 Å². The lowest BCUT2D eigenvalue weighted by molar-refractivity contribution is -0.121. The van der Waals surface area contributed by atoms with Gasteiger partial charge in [-0.1, -0.05) is 11.2 Å². The van der Waals surface area contributed by atoms with E-state index in [0.717, 1.165) is 18.5 Å². The molecule has 2 amide bonds. The summed E-state index contributed by atoms with van der Waals surface area (Å²) in [6, 6.07) is 12.6. The van der Waals surface area contributed by atoms with Gasteiger partial charge in [0.25, 0.3) is 5.91 Å². The molecule has 1 saturated heterocycles. The average molecular weight is 509 g/mol. The number of carbonyl (C=O) groups excluding carboxylic acids is 2. The fourth-order valence-corrected chi connectivity index (χ4v) is 4.18. The number of nitrogens with zero attached hydrogens (tertiary/aromatic N) is 3. The zero-order valence-corrected chi connectivity index (χ0v) is 21.1. The minimum absolute atomic E-state index is 0.0685. The Balaban J connectivity index is 1.41. The van der Waals surface area contributed by atoms with Crippen molar-refractivity contribution in [1.29, 1.82) is 0 Å². The lowest BCUT2D eigenvalue weighted by Gasteiger charge is -2.24. The SMILES string of the molecule is COc1ccc(OC)c(-c2cc(C(=O)N(CCC(=O)NCCc3ccccn3)C[C@@H]3CCCO3)no2)c1. The van der Waals surface area contributed by atoms with Crippen LogP contribution in [-0.4, -0.2) is 73.4 Å². The summed E-state index contributed by atoms with van der Waals surface area (Å²) < 4.78 is 22.0. The van der Waals surface area contributed by atoms with Gasteiger partial charge in [0.1, 0.15) is 11.5 Å². The summed E-state index contributed by atoms with van der Waals surface area (Å²) in [7, 11) is 3.12. The van der Waals surface area contributed by atoms with Crippen LogP contribution in [0, 0.1) is 0 Å². The van der Waals surface area contributed by atoms with Gasteiger partial charge in [-0.2, -0.15) is 0 Å². The van der Waals surface area contributed by atoms with Crippen LogP contribution in [-0.2, 0) is 16.0 Å². The summed E-state index contributed by atoms with van der Waals surface area (Å²) in [5.41, 5.74) is 1.67. The van der Waals surface area contributed by atoms with Gasteiger partial charge in [0.05, 0.1) is 25.9 Å². The van der Waals surface area contributed by atoms with E-state index in [1.54, 1.807) is 49.6 Å². The van der Waals surface area contributed by atoms with E-state index in [1.165, 1.54) is 0 Å². The van der Waals surface area contributed by atoms with E-state index in [9.17, 15) is 9.59 Å². The molecule has 2 aromatic heterocycles. The van der Waals surface area contributed by atoms with Crippen LogP contribution < -0.4 is 14.8 Å². The van der Waals surface area contributed by atoms with Crippen LogP contribution in [0.5, 0.6) is 11.5 Å². The van der Waals surface area contributed by atoms with Gasteiger partial charge in [0.2, 0.25) is 5.91 Å². The van der Waals surface area contributed by atoms with Gasteiger partial charge in [0, 0.05) is 57.0 Å². The second-order valence-corrected chi connectivity index (χ2v) is 8.70. The summed E-state index contributed by atoms with van der Waals surface area (Å²) in [6.07, 6.45) is 4.28. The molecule has 37 heavy (non-hydrogen) atoms. The van der Waals surface area contributed by atoms with Crippen LogP contribution in [0.4, 0.5) is 0 Å². The Morgan fingerprint density at radius 1 is 1.16 bits per heavy atom. The maximum atomic E-state index is 13.4. The van der Waals surface area contributed by atoms with Crippen molar-refractivity contribution in [3.05, 3.63) is 60.0 Å². The monoisotopic (exact) mass is 508 g/mol. The second kappa shape index (κ2) is 12.9. The Kier molecular flexibility index (Phi) is 9.09. The van der Waals surface area contributed by atoms with Gasteiger partial charge in [-0.25, -0.2) is 0 Å². The molecule has 1 fully saturated rings. The number of ether oxygens (including phenoxy) is 3. The van der Waals surface area contributed by atoms with Gasteiger partial charge in [-0.05, 0) is 43.2 Å². The Morgan fingerprint density at radius 3 is 2.78 bits per heavy atom. The van der Waals surface area contributed by atoms with Crippen LogP contribution in [0.25, 0.3) is 11.3 Å². The molecule has 1 atom stereocenters. The van der Waals surface area contributed by atoms with Crippen LogP contribution in [0.15, 0.2) is 53.2 Å². The third kappa shape index (κ3) is 7.07. The highest BCUT2D eigenvalue weighted by molar-refractivity contribution is 5.93. The van der Waals surface area contributed by atoms with Crippen molar-refractivity contribution in [3.63, 3.8) is 0 Å². The molecule has 3 aromatic rings. The quantitative estimate of drug-likeness (QED) is 0.397. The van der Waals surface area contributed by atoms with Crippen molar-refractivity contribution in [2.24, 2.45) is 0 Å². The van der Waals surface area contributed by atoms with Gasteiger partial charge in [0.15, 0.2) is 11.5 Å². The Hall–Kier alpha value is -3.92. The van der Waals surface area contributed by atoms with Gasteiger partial charge < -0.3 is 29.0 Å². The highest BCUT2D eigenvalue weighted by Crippen LogP contribution is 2.34. The molecule has 1 aliphatic heterocycles. The molecule has 196 valence electrons. The van der Waals surface area contributed by atoms with Gasteiger partial charge in [-0.3, -0.25) is 14.6 Å². The van der Waals surface area contributed by atoms with E-state index in [4.69, 9.17) is 18.7 Å². The number of hydrogen-bond acceptors (Lipinski definition) is 8. The molecule has 0 unspecified atom stereocenters. The van der Waals surface area contributed by atoms with Crippen molar-refractivity contribution in [1.82, 2.24) is 20.4 Å². The minimum Gasteiger partial charge on any atom is -0.497 e. The first-order chi connectivity index (χ1) is 18.1. The number of amides is 2. The van der Waals surface area contributed by atoms with E-state index in [2.05, 4.69) is 15.5 Å². The fourth-order valence-electron chi connectivity index (χ4n) is 4.18. The van der Waals surface area contributed by atoms with Crippen LogP contribution in [0.2, 0.25) is 0 Å². The zero-order chi connectivity index (χ0) is 26.0. The van der Waals surface area contributed by atoms with E-state index >= 15 is 0 Å². The molecule has 3 heterocycles. The van der Waals surface area contributed by atoms with Crippen LogP contribution in [0.3, 0.4) is 0 Å². The summed E-state index contributed by atoms with van der Waals surface area (Å²) in [4.78, 5) is 31.8. The topological polar surface area (TPSA) is 116 Å². The summed E-state index contributed by atoms with van der Waals surface area (Å²) in [5.74, 6) is 1.10. The molecule has 0 spiro atoms. The molecule has 0 aliphatic carbocycles. The maximum absolute atomic E-state index is 13.4. The third-order valence-electron chi connectivity index (χ3n) is 6.17. The van der Waals surface area contributed by atoms with Crippen molar-refractivity contribution < 1.29 is 28.3 Å². The number of aromatic nitrogens is 2. The molecule has 0 radical (unpaired) electrons. The molecule has 1 aliphatic rings. The fraction of sp³-hybridized carbons (Fsp3) is 0.407. The Bertz CT molecular complexity index is 1180. The molecule has 1 aromatic carbocycles. The number of methoxy groups -OCH3 is 2. The molecule has 1 N–H and O–H groups in total. The molecule has 0 saturated carbocycles. The Morgan fingerprint density at radius 2 is 2.05 bits per heavy atom. The summed E-state index contributed by atoms with van der Waals surface area (Å²) in [5, 5.41) is 6.92. The van der Waals surface area contributed by atoms with Gasteiger partial charge >= 0.3 is 0 Å². The maximum Gasteiger partial charge on any atom is 0.276 e. The van der Waals surface area contributed by atoms with E-state index in [0.29, 0.717) is 48.9 Å². The predicted octanol–water partition coefficient (Wildman–Crippen LogP) is 3.12. The predicted molar refractivity (Wildman–Crippen MR) is 135 cm³/mol. The van der Waals surface area contributed by atoms with E-state index in [-0.39, 0.29) is 36.6 Å². The molecule has 0 bridgehead atoms. The van der Waals surface area contributed by atoms with Crippen molar-refractivity contribution in [2.75, 3.05) is 40.5 Å². The standard InChI is InChI=1S/C27H32N4O6/c1-34-20-8-9-24(35-2)22(16-20)25-17-23(30-37-25)27(33)31(18-21-7-5-15-36-21)14-11-26(32)29-13-10-19-6-3-4-12-28-19/h3-4,6,8-9,12,16-17,21H,5,7,10-11,13-15,18H2,1-2H3,(H,29,32)/t21-/m0/s1. The number of rotatable bonds is 12. The highest BCUT2D eigenvalue weighted by Gasteiger charge is 2.26. The van der Waals surface area contributed by atoms with E-state index < -0.39 is 0 Å². The molecule has 4 rings (SSSR count).